The first-order valence-corrected chi connectivity index (χ1v) is 4.08. The van der Waals surface area contributed by atoms with Gasteiger partial charge in [-0.3, -0.25) is 4.79 Å². The van der Waals surface area contributed by atoms with Crippen molar-refractivity contribution in [2.45, 2.75) is 6.54 Å². The summed E-state index contributed by atoms with van der Waals surface area (Å²) in [5.41, 5.74) is 1.66. The summed E-state index contributed by atoms with van der Waals surface area (Å²) in [6.07, 6.45) is 0.842. The first kappa shape index (κ1) is 9.74. The lowest BCUT2D eigenvalue weighted by Crippen LogP contribution is -2.07. The predicted octanol–water partition coefficient (Wildman–Crippen LogP) is 1.23. The second-order valence-corrected chi connectivity index (χ2v) is 2.71. The van der Waals surface area contributed by atoms with Crippen LogP contribution in [0.3, 0.4) is 0 Å². The fraction of sp³-hybridized carbons (Fsp3) is 0.300. The van der Waals surface area contributed by atoms with Gasteiger partial charge in [0.05, 0.1) is 7.11 Å². The van der Waals surface area contributed by atoms with Crippen LogP contribution in [0.1, 0.15) is 15.9 Å². The van der Waals surface area contributed by atoms with Crippen LogP contribution in [0.15, 0.2) is 18.2 Å². The van der Waals surface area contributed by atoms with E-state index >= 15 is 0 Å². The molecule has 3 heteroatoms. The third-order valence-corrected chi connectivity index (χ3v) is 1.85. The second-order valence-electron chi connectivity index (χ2n) is 2.71. The highest BCUT2D eigenvalue weighted by Gasteiger charge is 2.01. The van der Waals surface area contributed by atoms with Crippen LogP contribution in [0.5, 0.6) is 5.75 Å². The van der Waals surface area contributed by atoms with Crippen LogP contribution in [0.4, 0.5) is 0 Å². The zero-order valence-electron chi connectivity index (χ0n) is 7.83. The van der Waals surface area contributed by atoms with Gasteiger partial charge in [0.15, 0.2) is 6.29 Å². The smallest absolute Gasteiger partial charge is 0.150 e. The van der Waals surface area contributed by atoms with Crippen molar-refractivity contribution >= 4 is 6.29 Å². The van der Waals surface area contributed by atoms with Gasteiger partial charge in [-0.2, -0.15) is 0 Å². The molecule has 0 fully saturated rings. The Morgan fingerprint density at radius 1 is 1.54 bits per heavy atom. The Labute approximate surface area is 77.7 Å². The third-order valence-electron chi connectivity index (χ3n) is 1.85. The lowest BCUT2D eigenvalue weighted by atomic mass is 10.1. The maximum absolute atomic E-state index is 10.7. The number of carbonyl (C=O) groups is 1. The molecule has 0 aliphatic carbocycles. The number of benzene rings is 1. The number of hydrogen-bond acceptors (Lipinski definition) is 3. The number of aldehydes is 1. The van der Waals surface area contributed by atoms with Crippen molar-refractivity contribution < 1.29 is 9.53 Å². The Morgan fingerprint density at radius 3 is 2.85 bits per heavy atom. The van der Waals surface area contributed by atoms with Gasteiger partial charge >= 0.3 is 0 Å². The first-order chi connectivity index (χ1) is 6.31. The molecule has 0 aromatic heterocycles. The largest absolute Gasteiger partial charge is 0.497 e. The summed E-state index contributed by atoms with van der Waals surface area (Å²) in [7, 11) is 3.43. The molecule has 0 radical (unpaired) electrons. The van der Waals surface area contributed by atoms with E-state index < -0.39 is 0 Å². The van der Waals surface area contributed by atoms with E-state index in [0.29, 0.717) is 17.9 Å². The minimum absolute atomic E-state index is 0.675. The summed E-state index contributed by atoms with van der Waals surface area (Å²) in [6, 6.07) is 5.47. The molecule has 0 saturated heterocycles. The molecule has 70 valence electrons. The number of methoxy groups -OCH3 is 1. The van der Waals surface area contributed by atoms with Gasteiger partial charge in [0.25, 0.3) is 0 Å². The third kappa shape index (κ3) is 2.29. The van der Waals surface area contributed by atoms with Crippen LogP contribution in [-0.2, 0) is 6.54 Å². The molecule has 0 amide bonds. The molecule has 0 unspecified atom stereocenters. The van der Waals surface area contributed by atoms with Crippen LogP contribution < -0.4 is 10.1 Å². The molecular weight excluding hydrogens is 166 g/mol. The Bertz CT molecular complexity index is 297. The Morgan fingerprint density at radius 2 is 2.31 bits per heavy atom. The topological polar surface area (TPSA) is 38.3 Å². The maximum atomic E-state index is 10.7. The summed E-state index contributed by atoms with van der Waals surface area (Å²) in [5, 5.41) is 3.00. The quantitative estimate of drug-likeness (QED) is 0.706. The SMILES string of the molecule is CNCc1ccc(OC)cc1C=O. The average Bonchev–Trinajstić information content (AvgIpc) is 2.19. The van der Waals surface area contributed by atoms with Crippen LogP contribution in [0.2, 0.25) is 0 Å². The van der Waals surface area contributed by atoms with Gasteiger partial charge in [0.2, 0.25) is 0 Å². The summed E-state index contributed by atoms with van der Waals surface area (Å²) in [5.74, 6) is 0.710. The summed E-state index contributed by atoms with van der Waals surface area (Å²) in [6.45, 7) is 0.693. The molecule has 0 aliphatic heterocycles. The van der Waals surface area contributed by atoms with E-state index in [-0.39, 0.29) is 0 Å². The number of carbonyl (C=O) groups excluding carboxylic acids is 1. The highest BCUT2D eigenvalue weighted by atomic mass is 16.5. The summed E-state index contributed by atoms with van der Waals surface area (Å²) >= 11 is 0. The molecule has 1 rings (SSSR count). The molecule has 0 atom stereocenters. The molecule has 0 saturated carbocycles. The van der Waals surface area contributed by atoms with Crippen molar-refractivity contribution in [3.8, 4) is 5.75 Å². The molecule has 1 N–H and O–H groups in total. The van der Waals surface area contributed by atoms with E-state index in [2.05, 4.69) is 5.32 Å². The number of nitrogens with one attached hydrogen (secondary N) is 1. The molecule has 0 aliphatic rings. The molecule has 3 nitrogen and oxygen atoms in total. The summed E-state index contributed by atoms with van der Waals surface area (Å²) < 4.78 is 5.01. The summed E-state index contributed by atoms with van der Waals surface area (Å²) in [4.78, 5) is 10.7. The fourth-order valence-electron chi connectivity index (χ4n) is 1.16. The van der Waals surface area contributed by atoms with Gasteiger partial charge in [0.1, 0.15) is 5.75 Å². The van der Waals surface area contributed by atoms with Crippen molar-refractivity contribution in [2.75, 3.05) is 14.2 Å². The van der Waals surface area contributed by atoms with Gasteiger partial charge in [-0.15, -0.1) is 0 Å². The van der Waals surface area contributed by atoms with Gasteiger partial charge in [-0.25, -0.2) is 0 Å². The van der Waals surface area contributed by atoms with Gasteiger partial charge in [0, 0.05) is 12.1 Å². The van der Waals surface area contributed by atoms with E-state index in [4.69, 9.17) is 4.74 Å². The van der Waals surface area contributed by atoms with E-state index in [9.17, 15) is 4.79 Å². The van der Waals surface area contributed by atoms with Crippen molar-refractivity contribution in [2.24, 2.45) is 0 Å². The zero-order valence-corrected chi connectivity index (χ0v) is 7.83. The monoisotopic (exact) mass is 179 g/mol. The highest BCUT2D eigenvalue weighted by Crippen LogP contribution is 2.15. The maximum Gasteiger partial charge on any atom is 0.150 e. The number of rotatable bonds is 4. The van der Waals surface area contributed by atoms with Gasteiger partial charge in [-0.1, -0.05) is 6.07 Å². The number of hydrogen-bond donors (Lipinski definition) is 1. The lowest BCUT2D eigenvalue weighted by molar-refractivity contribution is 0.112. The zero-order chi connectivity index (χ0) is 9.68. The van der Waals surface area contributed by atoms with Crippen molar-refractivity contribution in [1.82, 2.24) is 5.32 Å². The number of ether oxygens (including phenoxy) is 1. The molecule has 0 heterocycles. The van der Waals surface area contributed by atoms with E-state index in [1.54, 1.807) is 13.2 Å². The fourth-order valence-corrected chi connectivity index (χ4v) is 1.16. The van der Waals surface area contributed by atoms with Crippen molar-refractivity contribution in [3.63, 3.8) is 0 Å². The van der Waals surface area contributed by atoms with Crippen LogP contribution in [0.25, 0.3) is 0 Å². The average molecular weight is 179 g/mol. The minimum atomic E-state index is 0.675. The Kier molecular flexibility index (Phi) is 3.46. The normalized spacial score (nSPS) is 9.69. The van der Waals surface area contributed by atoms with Crippen molar-refractivity contribution in [1.29, 1.82) is 0 Å². The second kappa shape index (κ2) is 4.62. The molecule has 0 spiro atoms. The predicted molar refractivity (Wildman–Crippen MR) is 51.1 cm³/mol. The molecule has 1 aromatic carbocycles. The van der Waals surface area contributed by atoms with Crippen molar-refractivity contribution in [3.05, 3.63) is 29.3 Å². The molecular formula is C10H13NO2. The van der Waals surface area contributed by atoms with Crippen LogP contribution in [-0.4, -0.2) is 20.4 Å². The molecule has 1 aromatic rings. The minimum Gasteiger partial charge on any atom is -0.497 e. The highest BCUT2D eigenvalue weighted by molar-refractivity contribution is 5.78. The van der Waals surface area contributed by atoms with Crippen LogP contribution >= 0.6 is 0 Å². The lowest BCUT2D eigenvalue weighted by Gasteiger charge is -2.05. The Hall–Kier alpha value is -1.35. The molecule has 13 heavy (non-hydrogen) atoms. The van der Waals surface area contributed by atoms with E-state index in [1.807, 2.05) is 19.2 Å². The van der Waals surface area contributed by atoms with Gasteiger partial charge < -0.3 is 10.1 Å². The standard InChI is InChI=1S/C10H13NO2/c1-11-6-8-3-4-10(13-2)5-9(8)7-12/h3-5,7,11H,6H2,1-2H3. The molecule has 0 bridgehead atoms. The Balaban J connectivity index is 3.00. The first-order valence-electron chi connectivity index (χ1n) is 4.08. The van der Waals surface area contributed by atoms with Crippen LogP contribution in [0, 0.1) is 0 Å². The van der Waals surface area contributed by atoms with E-state index in [0.717, 1.165) is 11.8 Å². The van der Waals surface area contributed by atoms with E-state index in [1.165, 1.54) is 0 Å². The van der Waals surface area contributed by atoms with Gasteiger partial charge in [-0.05, 0) is 24.7 Å².